The summed E-state index contributed by atoms with van der Waals surface area (Å²) in [5, 5.41) is 2.86. The summed E-state index contributed by atoms with van der Waals surface area (Å²) in [4.78, 5) is -0.1000. The number of alkyl halides is 3. The van der Waals surface area contributed by atoms with Crippen molar-refractivity contribution in [3.05, 3.63) is 29.3 Å². The number of hydrogen-bond donors (Lipinski definition) is 2. The normalized spacial score (nSPS) is 12.7. The molecule has 0 radical (unpaired) electrons. The van der Waals surface area contributed by atoms with E-state index < -0.39 is 22.7 Å². The van der Waals surface area contributed by atoms with Crippen molar-refractivity contribution in [2.45, 2.75) is 31.0 Å². The van der Waals surface area contributed by atoms with E-state index in [9.17, 15) is 21.6 Å². The van der Waals surface area contributed by atoms with Crippen molar-refractivity contribution in [1.29, 1.82) is 0 Å². The van der Waals surface area contributed by atoms with E-state index in [1.807, 2.05) is 0 Å². The summed E-state index contributed by atoms with van der Waals surface area (Å²) in [5.41, 5.74) is 1.18. The van der Waals surface area contributed by atoms with Crippen LogP contribution in [0.15, 0.2) is 23.1 Å². The Morgan fingerprint density at radius 1 is 1.25 bits per heavy atom. The minimum Gasteiger partial charge on any atom is -0.316 e. The molecule has 0 aromatic heterocycles. The molecule has 8 heteroatoms. The second-order valence-electron chi connectivity index (χ2n) is 4.27. The van der Waals surface area contributed by atoms with Gasteiger partial charge in [0, 0.05) is 6.54 Å². The van der Waals surface area contributed by atoms with Crippen molar-refractivity contribution in [3.63, 3.8) is 0 Å². The molecule has 0 fully saturated rings. The quantitative estimate of drug-likeness (QED) is 0.842. The van der Waals surface area contributed by atoms with Crippen LogP contribution >= 0.6 is 0 Å². The SMILES string of the molecule is CCc1ccc(CNC)cc1S(=O)(=O)NCC(F)(F)F. The number of sulfonamides is 1. The number of hydrogen-bond acceptors (Lipinski definition) is 3. The second-order valence-corrected chi connectivity index (χ2v) is 6.00. The van der Waals surface area contributed by atoms with E-state index in [4.69, 9.17) is 0 Å². The number of halogens is 3. The molecule has 0 aliphatic rings. The average molecular weight is 310 g/mol. The summed E-state index contributed by atoms with van der Waals surface area (Å²) in [6.07, 6.45) is -4.16. The van der Waals surface area contributed by atoms with Gasteiger partial charge in [-0.05, 0) is 30.7 Å². The number of aryl methyl sites for hydroxylation is 1. The Balaban J connectivity index is 3.11. The maximum absolute atomic E-state index is 12.1. The molecule has 0 spiro atoms. The molecular weight excluding hydrogens is 293 g/mol. The molecule has 114 valence electrons. The van der Waals surface area contributed by atoms with E-state index >= 15 is 0 Å². The molecule has 0 aliphatic carbocycles. The summed E-state index contributed by atoms with van der Waals surface area (Å²) in [6.45, 7) is 0.608. The van der Waals surface area contributed by atoms with Gasteiger partial charge in [-0.15, -0.1) is 0 Å². The number of nitrogens with one attached hydrogen (secondary N) is 2. The Morgan fingerprint density at radius 2 is 1.90 bits per heavy atom. The van der Waals surface area contributed by atoms with Gasteiger partial charge >= 0.3 is 6.18 Å². The van der Waals surface area contributed by atoms with E-state index in [2.05, 4.69) is 5.32 Å². The molecule has 20 heavy (non-hydrogen) atoms. The lowest BCUT2D eigenvalue weighted by atomic mass is 10.1. The highest BCUT2D eigenvalue weighted by Gasteiger charge is 2.30. The first-order valence-corrected chi connectivity index (χ1v) is 7.50. The topological polar surface area (TPSA) is 58.2 Å². The van der Waals surface area contributed by atoms with Crippen molar-refractivity contribution in [3.8, 4) is 0 Å². The molecule has 0 saturated carbocycles. The van der Waals surface area contributed by atoms with Crippen LogP contribution < -0.4 is 10.0 Å². The predicted molar refractivity (Wildman–Crippen MR) is 69.8 cm³/mol. The van der Waals surface area contributed by atoms with Crippen LogP contribution in [0.2, 0.25) is 0 Å². The van der Waals surface area contributed by atoms with Crippen LogP contribution in [0.4, 0.5) is 13.2 Å². The van der Waals surface area contributed by atoms with E-state index in [0.29, 0.717) is 24.1 Å². The van der Waals surface area contributed by atoms with E-state index in [-0.39, 0.29) is 4.90 Å². The van der Waals surface area contributed by atoms with Gasteiger partial charge in [0.25, 0.3) is 0 Å². The summed E-state index contributed by atoms with van der Waals surface area (Å²) in [5.74, 6) is 0. The lowest BCUT2D eigenvalue weighted by Crippen LogP contribution is -2.34. The lowest BCUT2D eigenvalue weighted by Gasteiger charge is -2.13. The zero-order chi connectivity index (χ0) is 15.4. The Labute approximate surface area is 116 Å². The fourth-order valence-electron chi connectivity index (χ4n) is 1.71. The summed E-state index contributed by atoms with van der Waals surface area (Å²) in [7, 11) is -2.48. The van der Waals surface area contributed by atoms with Crippen LogP contribution in [-0.4, -0.2) is 28.2 Å². The van der Waals surface area contributed by atoms with Gasteiger partial charge in [-0.3, -0.25) is 0 Å². The first-order chi connectivity index (χ1) is 9.19. The van der Waals surface area contributed by atoms with Gasteiger partial charge in [0.15, 0.2) is 0 Å². The minimum absolute atomic E-state index is 0.1000. The Bertz CT molecular complexity index is 556. The highest BCUT2D eigenvalue weighted by molar-refractivity contribution is 7.89. The van der Waals surface area contributed by atoms with Gasteiger partial charge in [-0.2, -0.15) is 13.2 Å². The summed E-state index contributed by atoms with van der Waals surface area (Å²) < 4.78 is 62.0. The molecule has 1 rings (SSSR count). The van der Waals surface area contributed by atoms with E-state index in [1.54, 1.807) is 30.8 Å². The fourth-order valence-corrected chi connectivity index (χ4v) is 3.08. The van der Waals surface area contributed by atoms with Crippen molar-refractivity contribution in [2.24, 2.45) is 0 Å². The van der Waals surface area contributed by atoms with Gasteiger partial charge < -0.3 is 5.32 Å². The standard InChI is InChI=1S/C12H17F3N2O2S/c1-3-10-5-4-9(7-16-2)6-11(10)20(18,19)17-8-12(13,14)15/h4-6,16-17H,3,7-8H2,1-2H3. The van der Waals surface area contributed by atoms with Crippen LogP contribution in [0, 0.1) is 0 Å². The van der Waals surface area contributed by atoms with Crippen LogP contribution in [0.1, 0.15) is 18.1 Å². The molecule has 0 saturated heterocycles. The molecule has 1 aromatic carbocycles. The zero-order valence-electron chi connectivity index (χ0n) is 11.2. The first-order valence-electron chi connectivity index (χ1n) is 6.02. The maximum Gasteiger partial charge on any atom is 0.402 e. The molecule has 0 atom stereocenters. The molecule has 0 aliphatic heterocycles. The highest BCUT2D eigenvalue weighted by atomic mass is 32.2. The first kappa shape index (κ1) is 16.9. The van der Waals surface area contributed by atoms with Gasteiger partial charge in [0.2, 0.25) is 10.0 Å². The zero-order valence-corrected chi connectivity index (χ0v) is 12.0. The summed E-state index contributed by atoms with van der Waals surface area (Å²) >= 11 is 0. The third kappa shape index (κ3) is 4.77. The maximum atomic E-state index is 12.1. The van der Waals surface area contributed by atoms with Crippen molar-refractivity contribution in [2.75, 3.05) is 13.6 Å². The van der Waals surface area contributed by atoms with Crippen LogP contribution in [-0.2, 0) is 23.0 Å². The monoisotopic (exact) mass is 310 g/mol. The Kier molecular flexibility index (Phi) is 5.55. The second kappa shape index (κ2) is 6.55. The summed E-state index contributed by atoms with van der Waals surface area (Å²) in [6, 6.07) is 4.76. The van der Waals surface area contributed by atoms with Gasteiger partial charge in [0.1, 0.15) is 6.54 Å². The molecule has 0 bridgehead atoms. The van der Waals surface area contributed by atoms with Crippen LogP contribution in [0.3, 0.4) is 0 Å². The molecule has 2 N–H and O–H groups in total. The Morgan fingerprint density at radius 3 is 2.40 bits per heavy atom. The lowest BCUT2D eigenvalue weighted by molar-refractivity contribution is -0.121. The van der Waals surface area contributed by atoms with Gasteiger partial charge in [-0.1, -0.05) is 19.1 Å². The molecule has 1 aromatic rings. The number of rotatable bonds is 6. The van der Waals surface area contributed by atoms with Crippen molar-refractivity contribution < 1.29 is 21.6 Å². The number of benzene rings is 1. The largest absolute Gasteiger partial charge is 0.402 e. The predicted octanol–water partition coefficient (Wildman–Crippen LogP) is 1.81. The molecular formula is C12H17F3N2O2S. The van der Waals surface area contributed by atoms with Gasteiger partial charge in [0.05, 0.1) is 4.90 Å². The third-order valence-corrected chi connectivity index (χ3v) is 4.13. The fraction of sp³-hybridized carbons (Fsp3) is 0.500. The molecule has 0 unspecified atom stereocenters. The van der Waals surface area contributed by atoms with Crippen LogP contribution in [0.25, 0.3) is 0 Å². The minimum atomic E-state index is -4.58. The van der Waals surface area contributed by atoms with Crippen LogP contribution in [0.5, 0.6) is 0 Å². The van der Waals surface area contributed by atoms with Crippen molar-refractivity contribution >= 4 is 10.0 Å². The van der Waals surface area contributed by atoms with E-state index in [1.165, 1.54) is 6.07 Å². The molecule has 0 heterocycles. The smallest absolute Gasteiger partial charge is 0.316 e. The third-order valence-electron chi connectivity index (χ3n) is 2.65. The Hall–Kier alpha value is -1.12. The highest BCUT2D eigenvalue weighted by Crippen LogP contribution is 2.20. The van der Waals surface area contributed by atoms with Crippen molar-refractivity contribution in [1.82, 2.24) is 10.0 Å². The molecule has 0 amide bonds. The average Bonchev–Trinajstić information content (AvgIpc) is 2.36. The van der Waals surface area contributed by atoms with Gasteiger partial charge in [-0.25, -0.2) is 13.1 Å². The molecule has 4 nitrogen and oxygen atoms in total. The van der Waals surface area contributed by atoms with E-state index in [0.717, 1.165) is 0 Å².